The predicted octanol–water partition coefficient (Wildman–Crippen LogP) is 2.10. The van der Waals surface area contributed by atoms with Gasteiger partial charge in [0, 0.05) is 17.0 Å². The van der Waals surface area contributed by atoms with Crippen LogP contribution in [0, 0.1) is 0 Å². The lowest BCUT2D eigenvalue weighted by Crippen LogP contribution is -2.47. The van der Waals surface area contributed by atoms with Crippen molar-refractivity contribution in [2.75, 3.05) is 20.1 Å². The Bertz CT molecular complexity index is 412. The van der Waals surface area contributed by atoms with Gasteiger partial charge in [0.25, 0.3) is 0 Å². The molecule has 4 heteroatoms. The first-order chi connectivity index (χ1) is 8.66. The standard InChI is InChI=1S/C14H19ClN2O/c1-16-9-13(18)17-10-14(7-2-8-14)11-3-5-12(15)6-4-11/h3-6,16H,2,7-10H2,1H3,(H,17,18). The topological polar surface area (TPSA) is 41.1 Å². The minimum absolute atomic E-state index is 0.0535. The zero-order valence-electron chi connectivity index (χ0n) is 10.6. The normalized spacial score (nSPS) is 17.0. The molecule has 0 radical (unpaired) electrons. The second-order valence-electron chi connectivity index (χ2n) is 4.95. The Morgan fingerprint density at radius 3 is 2.50 bits per heavy atom. The summed E-state index contributed by atoms with van der Waals surface area (Å²) in [6.45, 7) is 1.09. The first-order valence-corrected chi connectivity index (χ1v) is 6.71. The molecule has 0 unspecified atom stereocenters. The number of likely N-dealkylation sites (N-methyl/N-ethyl adjacent to an activating group) is 1. The molecule has 1 aromatic carbocycles. The van der Waals surface area contributed by atoms with Crippen molar-refractivity contribution in [2.45, 2.75) is 24.7 Å². The Morgan fingerprint density at radius 2 is 2.00 bits per heavy atom. The lowest BCUT2D eigenvalue weighted by atomic mass is 9.64. The van der Waals surface area contributed by atoms with Crippen LogP contribution in [0.2, 0.25) is 5.02 Å². The van der Waals surface area contributed by atoms with Crippen molar-refractivity contribution in [1.82, 2.24) is 10.6 Å². The van der Waals surface area contributed by atoms with Crippen molar-refractivity contribution in [1.29, 1.82) is 0 Å². The van der Waals surface area contributed by atoms with Crippen molar-refractivity contribution in [2.24, 2.45) is 0 Å². The molecule has 0 heterocycles. The Morgan fingerprint density at radius 1 is 1.33 bits per heavy atom. The highest BCUT2D eigenvalue weighted by atomic mass is 35.5. The molecule has 1 amide bonds. The van der Waals surface area contributed by atoms with E-state index in [2.05, 4.69) is 22.8 Å². The summed E-state index contributed by atoms with van der Waals surface area (Å²) in [7, 11) is 1.78. The molecule has 1 saturated carbocycles. The van der Waals surface area contributed by atoms with Gasteiger partial charge in [-0.25, -0.2) is 0 Å². The van der Waals surface area contributed by atoms with Gasteiger partial charge in [0.2, 0.25) is 5.91 Å². The van der Waals surface area contributed by atoms with Crippen molar-refractivity contribution in [3.63, 3.8) is 0 Å². The Labute approximate surface area is 113 Å². The van der Waals surface area contributed by atoms with Crippen LogP contribution in [0.5, 0.6) is 0 Å². The second kappa shape index (κ2) is 5.72. The van der Waals surface area contributed by atoms with Gasteiger partial charge in [-0.05, 0) is 37.6 Å². The maximum absolute atomic E-state index is 11.5. The Hall–Kier alpha value is -1.06. The molecule has 1 aliphatic carbocycles. The van der Waals surface area contributed by atoms with Gasteiger partial charge < -0.3 is 10.6 Å². The minimum Gasteiger partial charge on any atom is -0.354 e. The van der Waals surface area contributed by atoms with Crippen LogP contribution in [-0.2, 0) is 10.2 Å². The van der Waals surface area contributed by atoms with Crippen LogP contribution >= 0.6 is 11.6 Å². The minimum atomic E-state index is 0.0535. The summed E-state index contributed by atoms with van der Waals surface area (Å²) in [4.78, 5) is 11.5. The van der Waals surface area contributed by atoms with E-state index in [0.29, 0.717) is 6.54 Å². The fraction of sp³-hybridized carbons (Fsp3) is 0.500. The molecular weight excluding hydrogens is 248 g/mol. The number of carbonyl (C=O) groups excluding carboxylic acids is 1. The van der Waals surface area contributed by atoms with Crippen molar-refractivity contribution in [3.05, 3.63) is 34.9 Å². The lowest BCUT2D eigenvalue weighted by molar-refractivity contribution is -0.120. The number of nitrogens with one attached hydrogen (secondary N) is 2. The van der Waals surface area contributed by atoms with Crippen LogP contribution < -0.4 is 10.6 Å². The third-order valence-electron chi connectivity index (χ3n) is 3.73. The molecule has 1 fully saturated rings. The molecule has 0 atom stereocenters. The molecule has 98 valence electrons. The monoisotopic (exact) mass is 266 g/mol. The van der Waals surface area contributed by atoms with Gasteiger partial charge in [0.15, 0.2) is 0 Å². The highest BCUT2D eigenvalue weighted by molar-refractivity contribution is 6.30. The fourth-order valence-corrected chi connectivity index (χ4v) is 2.59. The Kier molecular flexibility index (Phi) is 4.25. The van der Waals surface area contributed by atoms with E-state index in [1.807, 2.05) is 12.1 Å². The Balaban J connectivity index is 2.02. The van der Waals surface area contributed by atoms with E-state index in [1.54, 1.807) is 7.05 Å². The summed E-state index contributed by atoms with van der Waals surface area (Å²) in [6.07, 6.45) is 3.49. The highest BCUT2D eigenvalue weighted by Crippen LogP contribution is 2.43. The van der Waals surface area contributed by atoms with Gasteiger partial charge in [0.05, 0.1) is 6.54 Å². The van der Waals surface area contributed by atoms with Gasteiger partial charge in [-0.3, -0.25) is 4.79 Å². The third kappa shape index (κ3) is 2.85. The van der Waals surface area contributed by atoms with Gasteiger partial charge in [-0.1, -0.05) is 30.2 Å². The predicted molar refractivity (Wildman–Crippen MR) is 73.9 cm³/mol. The molecule has 0 bridgehead atoms. The summed E-state index contributed by atoms with van der Waals surface area (Å²) in [5.41, 5.74) is 1.40. The quantitative estimate of drug-likeness (QED) is 0.857. The smallest absolute Gasteiger partial charge is 0.233 e. The van der Waals surface area contributed by atoms with Gasteiger partial charge in [0.1, 0.15) is 0 Å². The van der Waals surface area contributed by atoms with E-state index in [9.17, 15) is 4.79 Å². The van der Waals surface area contributed by atoms with Gasteiger partial charge >= 0.3 is 0 Å². The molecule has 0 saturated heterocycles. The second-order valence-corrected chi connectivity index (χ2v) is 5.38. The SMILES string of the molecule is CNCC(=O)NCC1(c2ccc(Cl)cc2)CCC1. The first-order valence-electron chi connectivity index (χ1n) is 6.34. The zero-order chi connectivity index (χ0) is 13.0. The van der Waals surface area contributed by atoms with E-state index in [1.165, 1.54) is 12.0 Å². The molecule has 3 nitrogen and oxygen atoms in total. The molecule has 0 spiro atoms. The maximum Gasteiger partial charge on any atom is 0.233 e. The summed E-state index contributed by atoms with van der Waals surface area (Å²) in [5.74, 6) is 0.0535. The molecule has 18 heavy (non-hydrogen) atoms. The summed E-state index contributed by atoms with van der Waals surface area (Å²) < 4.78 is 0. The van der Waals surface area contributed by atoms with Crippen LogP contribution in [0.15, 0.2) is 24.3 Å². The number of hydrogen-bond donors (Lipinski definition) is 2. The number of amides is 1. The van der Waals surface area contributed by atoms with E-state index in [0.717, 1.165) is 24.4 Å². The summed E-state index contributed by atoms with van der Waals surface area (Å²) >= 11 is 5.91. The largest absolute Gasteiger partial charge is 0.354 e. The molecule has 1 aliphatic rings. The first kappa shape index (κ1) is 13.4. The van der Waals surface area contributed by atoms with E-state index < -0.39 is 0 Å². The van der Waals surface area contributed by atoms with Crippen LogP contribution in [-0.4, -0.2) is 26.0 Å². The average Bonchev–Trinajstić information content (AvgIpc) is 2.30. The molecule has 2 N–H and O–H groups in total. The number of halogens is 1. The van der Waals surface area contributed by atoms with Crippen LogP contribution in [0.1, 0.15) is 24.8 Å². The molecular formula is C14H19ClN2O. The van der Waals surface area contributed by atoms with E-state index >= 15 is 0 Å². The van der Waals surface area contributed by atoms with Gasteiger partial charge in [-0.15, -0.1) is 0 Å². The molecule has 0 aliphatic heterocycles. The number of carbonyl (C=O) groups is 1. The third-order valence-corrected chi connectivity index (χ3v) is 3.98. The lowest BCUT2D eigenvalue weighted by Gasteiger charge is -2.42. The van der Waals surface area contributed by atoms with Crippen LogP contribution in [0.3, 0.4) is 0 Å². The van der Waals surface area contributed by atoms with Crippen molar-refractivity contribution < 1.29 is 4.79 Å². The average molecular weight is 267 g/mol. The number of rotatable bonds is 5. The van der Waals surface area contributed by atoms with E-state index in [4.69, 9.17) is 11.6 Å². The zero-order valence-corrected chi connectivity index (χ0v) is 11.4. The van der Waals surface area contributed by atoms with Crippen LogP contribution in [0.25, 0.3) is 0 Å². The summed E-state index contributed by atoms with van der Waals surface area (Å²) in [6, 6.07) is 8.00. The van der Waals surface area contributed by atoms with Gasteiger partial charge in [-0.2, -0.15) is 0 Å². The van der Waals surface area contributed by atoms with Crippen LogP contribution in [0.4, 0.5) is 0 Å². The fourth-order valence-electron chi connectivity index (χ4n) is 2.47. The molecule has 0 aromatic heterocycles. The van der Waals surface area contributed by atoms with Crippen molar-refractivity contribution >= 4 is 17.5 Å². The maximum atomic E-state index is 11.5. The molecule has 2 rings (SSSR count). The number of benzene rings is 1. The molecule has 1 aromatic rings. The van der Waals surface area contributed by atoms with Crippen molar-refractivity contribution in [3.8, 4) is 0 Å². The summed E-state index contributed by atoms with van der Waals surface area (Å²) in [5, 5.41) is 6.62. The van der Waals surface area contributed by atoms with E-state index in [-0.39, 0.29) is 11.3 Å². The number of hydrogen-bond acceptors (Lipinski definition) is 2. The highest BCUT2D eigenvalue weighted by Gasteiger charge is 2.38.